The van der Waals surface area contributed by atoms with Gasteiger partial charge in [0, 0.05) is 28.1 Å². The van der Waals surface area contributed by atoms with Gasteiger partial charge in [0.2, 0.25) is 0 Å². The zero-order valence-corrected chi connectivity index (χ0v) is 19.2. The van der Waals surface area contributed by atoms with E-state index in [9.17, 15) is 9.59 Å². The lowest BCUT2D eigenvalue weighted by Crippen LogP contribution is -2.39. The summed E-state index contributed by atoms with van der Waals surface area (Å²) in [5, 5.41) is 1.01. The zero-order valence-electron chi connectivity index (χ0n) is 19.2. The Bertz CT molecular complexity index is 1210. The highest BCUT2D eigenvalue weighted by Crippen LogP contribution is 2.31. The van der Waals surface area contributed by atoms with E-state index >= 15 is 0 Å². The van der Waals surface area contributed by atoms with E-state index in [-0.39, 0.29) is 24.1 Å². The lowest BCUT2D eigenvalue weighted by atomic mass is 10.0. The summed E-state index contributed by atoms with van der Waals surface area (Å²) in [5.41, 5.74) is 4.02. The third-order valence-electron chi connectivity index (χ3n) is 6.39. The van der Waals surface area contributed by atoms with Gasteiger partial charge in [0.05, 0.1) is 20.8 Å². The highest BCUT2D eigenvalue weighted by Gasteiger charge is 2.29. The molecule has 32 heavy (non-hydrogen) atoms. The van der Waals surface area contributed by atoms with Crippen LogP contribution in [0.4, 0.5) is 0 Å². The minimum atomic E-state index is -0.148. The van der Waals surface area contributed by atoms with Gasteiger partial charge in [-0.2, -0.15) is 0 Å². The van der Waals surface area contributed by atoms with Gasteiger partial charge in [-0.05, 0) is 68.1 Å². The molecular weight excluding hydrogens is 404 g/mol. The van der Waals surface area contributed by atoms with Crippen LogP contribution in [0.25, 0.3) is 10.9 Å². The molecular formula is C26H30N2O4. The first-order valence-electron chi connectivity index (χ1n) is 11.1. The number of H-pyrrole nitrogens is 1. The number of carbonyl (C=O) groups excluding carboxylic acids is 1. The topological polar surface area (TPSA) is 71.6 Å². The van der Waals surface area contributed by atoms with Crippen molar-refractivity contribution in [2.75, 3.05) is 14.2 Å². The summed E-state index contributed by atoms with van der Waals surface area (Å²) < 4.78 is 10.7. The SMILES string of the molecule is COc1ccc(C(=O)N(Cc2cc3c(C)cc(C)cc3[nH]c2=O)C2CCCC2)cc1OC. The van der Waals surface area contributed by atoms with Crippen LogP contribution in [0.15, 0.2) is 41.2 Å². The van der Waals surface area contributed by atoms with E-state index in [2.05, 4.69) is 11.1 Å². The smallest absolute Gasteiger partial charge is 0.254 e. The fourth-order valence-corrected chi connectivity index (χ4v) is 4.73. The van der Waals surface area contributed by atoms with Crippen LogP contribution in [0.3, 0.4) is 0 Å². The quantitative estimate of drug-likeness (QED) is 0.608. The summed E-state index contributed by atoms with van der Waals surface area (Å²) in [7, 11) is 3.12. The molecule has 168 valence electrons. The molecule has 0 atom stereocenters. The predicted octanol–water partition coefficient (Wildman–Crippen LogP) is 4.75. The van der Waals surface area contributed by atoms with Crippen molar-refractivity contribution in [1.82, 2.24) is 9.88 Å². The molecule has 6 nitrogen and oxygen atoms in total. The monoisotopic (exact) mass is 434 g/mol. The summed E-state index contributed by atoms with van der Waals surface area (Å²) in [4.78, 5) is 31.4. The number of aromatic amines is 1. The Morgan fingerprint density at radius 3 is 2.44 bits per heavy atom. The first-order valence-corrected chi connectivity index (χ1v) is 11.1. The van der Waals surface area contributed by atoms with E-state index < -0.39 is 0 Å². The molecule has 1 aromatic heterocycles. The van der Waals surface area contributed by atoms with Gasteiger partial charge in [0.1, 0.15) is 0 Å². The molecule has 1 aliphatic carbocycles. The van der Waals surface area contributed by atoms with E-state index in [1.165, 1.54) is 0 Å². The number of nitrogens with one attached hydrogen (secondary N) is 1. The largest absolute Gasteiger partial charge is 0.493 e. The molecule has 1 aliphatic rings. The maximum Gasteiger partial charge on any atom is 0.254 e. The average molecular weight is 435 g/mol. The molecule has 0 aliphatic heterocycles. The van der Waals surface area contributed by atoms with Gasteiger partial charge in [0.15, 0.2) is 11.5 Å². The summed E-state index contributed by atoms with van der Waals surface area (Å²) in [5.74, 6) is 0.991. The van der Waals surface area contributed by atoms with Crippen LogP contribution in [0.1, 0.15) is 52.7 Å². The number of carbonyl (C=O) groups is 1. The van der Waals surface area contributed by atoms with Crippen LogP contribution in [0, 0.1) is 13.8 Å². The first-order chi connectivity index (χ1) is 15.4. The first kappa shape index (κ1) is 21.9. The van der Waals surface area contributed by atoms with Crippen LogP contribution in [0.5, 0.6) is 11.5 Å². The maximum atomic E-state index is 13.6. The van der Waals surface area contributed by atoms with Crippen molar-refractivity contribution in [2.45, 2.75) is 52.1 Å². The van der Waals surface area contributed by atoms with Gasteiger partial charge >= 0.3 is 0 Å². The lowest BCUT2D eigenvalue weighted by Gasteiger charge is -2.29. The molecule has 1 heterocycles. The number of ether oxygens (including phenoxy) is 2. The molecule has 1 saturated carbocycles. The Labute approximate surface area is 188 Å². The van der Waals surface area contributed by atoms with Crippen molar-refractivity contribution in [3.63, 3.8) is 0 Å². The normalized spacial score (nSPS) is 14.0. The Morgan fingerprint density at radius 2 is 1.75 bits per heavy atom. The van der Waals surface area contributed by atoms with E-state index in [1.54, 1.807) is 32.4 Å². The third-order valence-corrected chi connectivity index (χ3v) is 6.39. The molecule has 0 radical (unpaired) electrons. The molecule has 0 unspecified atom stereocenters. The maximum absolute atomic E-state index is 13.6. The van der Waals surface area contributed by atoms with E-state index in [1.807, 2.05) is 30.9 Å². The van der Waals surface area contributed by atoms with Crippen LogP contribution in [0.2, 0.25) is 0 Å². The second-order valence-corrected chi connectivity index (χ2v) is 8.61. The minimum absolute atomic E-state index is 0.0991. The van der Waals surface area contributed by atoms with Gasteiger partial charge in [-0.1, -0.05) is 18.9 Å². The molecule has 1 N–H and O–H groups in total. The number of hydrogen-bond donors (Lipinski definition) is 1. The second kappa shape index (κ2) is 9.07. The predicted molar refractivity (Wildman–Crippen MR) is 126 cm³/mol. The van der Waals surface area contributed by atoms with E-state index in [0.29, 0.717) is 22.6 Å². The molecule has 1 amide bonds. The molecule has 1 fully saturated rings. The lowest BCUT2D eigenvalue weighted by molar-refractivity contribution is 0.0663. The van der Waals surface area contributed by atoms with Gasteiger partial charge in [0.25, 0.3) is 11.5 Å². The number of nitrogens with zero attached hydrogens (tertiary/aromatic N) is 1. The fraction of sp³-hybridized carbons (Fsp3) is 0.385. The molecule has 4 rings (SSSR count). The Morgan fingerprint density at radius 1 is 1.03 bits per heavy atom. The summed E-state index contributed by atoms with van der Waals surface area (Å²) in [6, 6.07) is 11.3. The zero-order chi connectivity index (χ0) is 22.8. The standard InChI is InChI=1S/C26H30N2O4/c1-16-11-17(2)21-13-19(25(29)27-22(21)12-16)15-28(20-7-5-6-8-20)26(30)18-9-10-23(31-3)24(14-18)32-4/h9-14,20H,5-8,15H2,1-4H3,(H,27,29). The Balaban J connectivity index is 1.73. The average Bonchev–Trinajstić information content (AvgIpc) is 3.31. The number of aromatic nitrogens is 1. The summed E-state index contributed by atoms with van der Waals surface area (Å²) >= 11 is 0. The second-order valence-electron chi connectivity index (χ2n) is 8.61. The van der Waals surface area contributed by atoms with Crippen molar-refractivity contribution in [2.24, 2.45) is 0 Å². The molecule has 6 heteroatoms. The van der Waals surface area contributed by atoms with Crippen LogP contribution >= 0.6 is 0 Å². The number of aryl methyl sites for hydroxylation is 2. The summed E-state index contributed by atoms with van der Waals surface area (Å²) in [6.07, 6.45) is 4.07. The van der Waals surface area contributed by atoms with Crippen molar-refractivity contribution in [3.8, 4) is 11.5 Å². The number of rotatable bonds is 6. The van der Waals surface area contributed by atoms with E-state index in [4.69, 9.17) is 9.47 Å². The van der Waals surface area contributed by atoms with Crippen LogP contribution in [-0.4, -0.2) is 36.1 Å². The number of pyridine rings is 1. The van der Waals surface area contributed by atoms with Gasteiger partial charge in [-0.3, -0.25) is 9.59 Å². The van der Waals surface area contributed by atoms with E-state index in [0.717, 1.165) is 47.7 Å². The van der Waals surface area contributed by atoms with Gasteiger partial charge in [-0.15, -0.1) is 0 Å². The Hall–Kier alpha value is -3.28. The van der Waals surface area contributed by atoms with Crippen molar-refractivity contribution < 1.29 is 14.3 Å². The van der Waals surface area contributed by atoms with Crippen molar-refractivity contribution in [3.05, 3.63) is 69.0 Å². The Kier molecular flexibility index (Phi) is 6.21. The highest BCUT2D eigenvalue weighted by atomic mass is 16.5. The number of benzene rings is 2. The molecule has 0 saturated heterocycles. The molecule has 0 spiro atoms. The third kappa shape index (κ3) is 4.22. The van der Waals surface area contributed by atoms with Gasteiger partial charge < -0.3 is 19.4 Å². The number of amides is 1. The molecule has 0 bridgehead atoms. The molecule has 3 aromatic rings. The van der Waals surface area contributed by atoms with Crippen molar-refractivity contribution in [1.29, 1.82) is 0 Å². The number of methoxy groups -OCH3 is 2. The fourth-order valence-electron chi connectivity index (χ4n) is 4.73. The van der Waals surface area contributed by atoms with Gasteiger partial charge in [-0.25, -0.2) is 0 Å². The highest BCUT2D eigenvalue weighted by molar-refractivity contribution is 5.95. The van der Waals surface area contributed by atoms with Crippen LogP contribution < -0.4 is 15.0 Å². The minimum Gasteiger partial charge on any atom is -0.493 e. The number of hydrogen-bond acceptors (Lipinski definition) is 4. The van der Waals surface area contributed by atoms with Crippen LogP contribution in [-0.2, 0) is 6.54 Å². The van der Waals surface area contributed by atoms with Crippen molar-refractivity contribution >= 4 is 16.8 Å². The summed E-state index contributed by atoms with van der Waals surface area (Å²) in [6.45, 7) is 4.33. The number of fused-ring (bicyclic) bond motifs is 1. The molecule has 2 aromatic carbocycles.